The third-order valence-corrected chi connectivity index (χ3v) is 5.19. The number of hydrogen-bond acceptors (Lipinski definition) is 5. The number of hydrazone groups is 1. The van der Waals surface area contributed by atoms with E-state index in [-0.39, 0.29) is 4.90 Å². The molecule has 8 heteroatoms. The molecule has 0 atom stereocenters. The second kappa shape index (κ2) is 7.53. The normalized spacial score (nSPS) is 11.7. The predicted octanol–water partition coefficient (Wildman–Crippen LogP) is 3.44. The molecular weight excluding hydrogens is 376 g/mol. The molecule has 0 aliphatic rings. The lowest BCUT2D eigenvalue weighted by Crippen LogP contribution is -2.18. The number of sulfonamides is 1. The fourth-order valence-electron chi connectivity index (χ4n) is 2.62. The fourth-order valence-corrected chi connectivity index (χ4v) is 3.43. The molecular formula is C20H16N4O3S. The Kier molecular flexibility index (Phi) is 4.77. The number of nitrogens with one attached hydrogen (secondary N) is 1. The summed E-state index contributed by atoms with van der Waals surface area (Å²) in [6.45, 7) is 0. The molecule has 1 N–H and O–H groups in total. The van der Waals surface area contributed by atoms with Crippen LogP contribution in [0.1, 0.15) is 5.56 Å². The molecule has 0 fully saturated rings. The molecule has 0 spiro atoms. The largest absolute Gasteiger partial charge is 0.463 e. The Balaban J connectivity index is 1.65. The van der Waals surface area contributed by atoms with Gasteiger partial charge in [0, 0.05) is 11.8 Å². The number of rotatable bonds is 6. The van der Waals surface area contributed by atoms with E-state index in [2.05, 4.69) is 15.0 Å². The van der Waals surface area contributed by atoms with Crippen LogP contribution in [0.4, 0.5) is 0 Å². The molecule has 2 heterocycles. The molecule has 0 aliphatic heterocycles. The van der Waals surface area contributed by atoms with Crippen molar-refractivity contribution in [3.63, 3.8) is 0 Å². The molecule has 0 aliphatic carbocycles. The highest BCUT2D eigenvalue weighted by Gasteiger charge is 2.15. The van der Waals surface area contributed by atoms with Crippen molar-refractivity contribution in [1.29, 1.82) is 0 Å². The summed E-state index contributed by atoms with van der Waals surface area (Å²) < 4.78 is 31.7. The molecule has 4 aromatic rings. The summed E-state index contributed by atoms with van der Waals surface area (Å²) in [6, 6.07) is 21.1. The molecule has 0 unspecified atom stereocenters. The van der Waals surface area contributed by atoms with E-state index in [4.69, 9.17) is 4.42 Å². The Morgan fingerprint density at radius 2 is 1.68 bits per heavy atom. The minimum absolute atomic E-state index is 0.137. The van der Waals surface area contributed by atoms with Crippen molar-refractivity contribution in [2.24, 2.45) is 5.10 Å². The topological polar surface area (TPSA) is 89.5 Å². The number of nitrogens with zero attached hydrogens (tertiary/aromatic N) is 3. The lowest BCUT2D eigenvalue weighted by Gasteiger charge is -2.02. The van der Waals surface area contributed by atoms with Crippen molar-refractivity contribution in [2.75, 3.05) is 0 Å². The van der Waals surface area contributed by atoms with Gasteiger partial charge in [-0.05, 0) is 36.4 Å². The maximum Gasteiger partial charge on any atom is 0.276 e. The van der Waals surface area contributed by atoms with Crippen molar-refractivity contribution in [3.8, 4) is 17.1 Å². The minimum atomic E-state index is -3.74. The minimum Gasteiger partial charge on any atom is -0.463 e. The molecule has 0 bridgehead atoms. The highest BCUT2D eigenvalue weighted by molar-refractivity contribution is 7.89. The van der Waals surface area contributed by atoms with E-state index in [1.807, 2.05) is 30.3 Å². The van der Waals surface area contributed by atoms with Gasteiger partial charge in [0.05, 0.1) is 23.1 Å². The Labute approximate surface area is 162 Å². The average Bonchev–Trinajstić information content (AvgIpc) is 3.39. The van der Waals surface area contributed by atoms with Gasteiger partial charge in [0.2, 0.25) is 0 Å². The highest BCUT2D eigenvalue weighted by Crippen LogP contribution is 2.23. The zero-order valence-electron chi connectivity index (χ0n) is 14.6. The zero-order chi connectivity index (χ0) is 19.4. The van der Waals surface area contributed by atoms with Gasteiger partial charge in [0.1, 0.15) is 5.69 Å². The summed E-state index contributed by atoms with van der Waals surface area (Å²) in [5.74, 6) is 0.557. The Morgan fingerprint density at radius 1 is 0.964 bits per heavy atom. The number of benzene rings is 2. The van der Waals surface area contributed by atoms with Gasteiger partial charge in [0.25, 0.3) is 10.0 Å². The van der Waals surface area contributed by atoms with Crippen molar-refractivity contribution in [1.82, 2.24) is 14.6 Å². The second-order valence-electron chi connectivity index (χ2n) is 5.86. The highest BCUT2D eigenvalue weighted by atomic mass is 32.2. The van der Waals surface area contributed by atoms with Gasteiger partial charge in [0.15, 0.2) is 5.76 Å². The summed E-state index contributed by atoms with van der Waals surface area (Å²) in [5, 5.41) is 8.46. The maximum absolute atomic E-state index is 12.3. The molecule has 0 saturated heterocycles. The van der Waals surface area contributed by atoms with Crippen molar-refractivity contribution < 1.29 is 12.8 Å². The molecule has 2 aromatic heterocycles. The monoisotopic (exact) mass is 392 g/mol. The molecule has 28 heavy (non-hydrogen) atoms. The van der Waals surface area contributed by atoms with Gasteiger partial charge in [-0.2, -0.15) is 18.6 Å². The fraction of sp³-hybridized carbons (Fsp3) is 0. The van der Waals surface area contributed by atoms with Crippen LogP contribution in [0.25, 0.3) is 17.1 Å². The average molecular weight is 392 g/mol. The van der Waals surface area contributed by atoms with Gasteiger partial charge < -0.3 is 4.42 Å². The Hall–Kier alpha value is -3.65. The molecule has 0 amide bonds. The zero-order valence-corrected chi connectivity index (χ0v) is 15.5. The van der Waals surface area contributed by atoms with E-state index in [0.29, 0.717) is 17.0 Å². The van der Waals surface area contributed by atoms with Gasteiger partial charge in [-0.25, -0.2) is 9.51 Å². The first-order valence-corrected chi connectivity index (χ1v) is 9.91. The molecule has 7 nitrogen and oxygen atoms in total. The third kappa shape index (κ3) is 3.72. The number of hydrogen-bond donors (Lipinski definition) is 1. The van der Waals surface area contributed by atoms with Crippen LogP contribution in [0.3, 0.4) is 0 Å². The lowest BCUT2D eigenvalue weighted by atomic mass is 10.2. The quantitative estimate of drug-likeness (QED) is 0.402. The standard InChI is InChI=1S/C20H16N4O3S/c25-28(26,18-10-5-2-6-11-18)23-21-14-16-15-24(17-8-3-1-4-9-17)22-20(16)19-12-7-13-27-19/h1-15,23H/b21-14-. The van der Waals surface area contributed by atoms with E-state index in [1.165, 1.54) is 18.3 Å². The van der Waals surface area contributed by atoms with Gasteiger partial charge in [-0.15, -0.1) is 0 Å². The lowest BCUT2D eigenvalue weighted by molar-refractivity contribution is 0.579. The molecule has 4 rings (SSSR count). The van der Waals surface area contributed by atoms with Crippen LogP contribution in [0.2, 0.25) is 0 Å². The summed E-state index contributed by atoms with van der Waals surface area (Å²) in [4.78, 5) is 2.36. The maximum atomic E-state index is 12.3. The molecule has 140 valence electrons. The smallest absolute Gasteiger partial charge is 0.276 e. The van der Waals surface area contributed by atoms with E-state index in [1.54, 1.807) is 47.5 Å². The van der Waals surface area contributed by atoms with Crippen LogP contribution in [0.5, 0.6) is 0 Å². The predicted molar refractivity (Wildman–Crippen MR) is 106 cm³/mol. The van der Waals surface area contributed by atoms with Crippen LogP contribution in [0.15, 0.2) is 99.7 Å². The van der Waals surface area contributed by atoms with Crippen LogP contribution in [-0.2, 0) is 10.0 Å². The van der Waals surface area contributed by atoms with Crippen LogP contribution in [0, 0.1) is 0 Å². The van der Waals surface area contributed by atoms with Gasteiger partial charge in [-0.1, -0.05) is 36.4 Å². The van der Waals surface area contributed by atoms with Gasteiger partial charge >= 0.3 is 0 Å². The van der Waals surface area contributed by atoms with Crippen LogP contribution < -0.4 is 4.83 Å². The number of para-hydroxylation sites is 1. The summed E-state index contributed by atoms with van der Waals surface area (Å²) in [6.07, 6.45) is 4.72. The summed E-state index contributed by atoms with van der Waals surface area (Å²) in [5.41, 5.74) is 2.02. The summed E-state index contributed by atoms with van der Waals surface area (Å²) in [7, 11) is -3.74. The van der Waals surface area contributed by atoms with Crippen LogP contribution >= 0.6 is 0 Å². The van der Waals surface area contributed by atoms with E-state index in [9.17, 15) is 8.42 Å². The first-order valence-electron chi connectivity index (χ1n) is 8.42. The van der Waals surface area contributed by atoms with Gasteiger partial charge in [-0.3, -0.25) is 0 Å². The third-order valence-electron chi connectivity index (χ3n) is 3.95. The van der Waals surface area contributed by atoms with Crippen molar-refractivity contribution in [2.45, 2.75) is 4.90 Å². The molecule has 0 saturated carbocycles. The van der Waals surface area contributed by atoms with Crippen molar-refractivity contribution in [3.05, 3.63) is 90.8 Å². The van der Waals surface area contributed by atoms with E-state index >= 15 is 0 Å². The molecule has 0 radical (unpaired) electrons. The Morgan fingerprint density at radius 3 is 2.36 bits per heavy atom. The molecule has 2 aromatic carbocycles. The van der Waals surface area contributed by atoms with E-state index < -0.39 is 10.0 Å². The van der Waals surface area contributed by atoms with Crippen LogP contribution in [-0.4, -0.2) is 24.4 Å². The number of aromatic nitrogens is 2. The number of furan rings is 1. The van der Waals surface area contributed by atoms with E-state index in [0.717, 1.165) is 5.69 Å². The van der Waals surface area contributed by atoms with Crippen molar-refractivity contribution >= 4 is 16.2 Å². The first-order chi connectivity index (χ1) is 13.6. The Bertz CT molecular complexity index is 1180. The first kappa shape index (κ1) is 17.7. The summed E-state index contributed by atoms with van der Waals surface area (Å²) >= 11 is 0. The SMILES string of the molecule is O=S(=O)(N/N=C\c1cn(-c2ccccc2)nc1-c1ccco1)c1ccccc1. The second-order valence-corrected chi connectivity index (χ2v) is 7.52.